The van der Waals surface area contributed by atoms with E-state index < -0.39 is 0 Å². The van der Waals surface area contributed by atoms with Crippen molar-refractivity contribution in [2.24, 2.45) is 7.05 Å². The van der Waals surface area contributed by atoms with Crippen LogP contribution in [0.2, 0.25) is 0 Å². The molecule has 26 heavy (non-hydrogen) atoms. The van der Waals surface area contributed by atoms with Gasteiger partial charge in [-0.3, -0.25) is 0 Å². The lowest BCUT2D eigenvalue weighted by Gasteiger charge is -2.23. The molecule has 0 amide bonds. The topological polar surface area (TPSA) is 45.5 Å². The van der Waals surface area contributed by atoms with Crippen LogP contribution in [0.5, 0.6) is 5.75 Å². The molecule has 0 radical (unpaired) electrons. The molecule has 5 heteroatoms. The number of fused-ring (bicyclic) bond motifs is 1. The third-order valence-corrected chi connectivity index (χ3v) is 4.85. The summed E-state index contributed by atoms with van der Waals surface area (Å²) in [4.78, 5) is 4.78. The SMILES string of the molecule is COCc1nc2c(-c3ccc(OC4CCCCO4)cc3)cccc2n1C. The lowest BCUT2D eigenvalue weighted by Crippen LogP contribution is -2.24. The number of imidazole rings is 1. The van der Waals surface area contributed by atoms with Crippen LogP contribution in [0.4, 0.5) is 0 Å². The summed E-state index contributed by atoms with van der Waals surface area (Å²) in [6, 6.07) is 14.4. The third-order valence-electron chi connectivity index (χ3n) is 4.85. The number of aryl methyl sites for hydroxylation is 1. The zero-order valence-corrected chi connectivity index (χ0v) is 15.3. The van der Waals surface area contributed by atoms with Gasteiger partial charge in [-0.15, -0.1) is 0 Å². The minimum absolute atomic E-state index is 0.120. The van der Waals surface area contributed by atoms with Gasteiger partial charge in [-0.05, 0) is 36.6 Å². The summed E-state index contributed by atoms with van der Waals surface area (Å²) in [6.45, 7) is 1.28. The van der Waals surface area contributed by atoms with Crippen molar-refractivity contribution in [1.29, 1.82) is 0 Å². The van der Waals surface area contributed by atoms with E-state index in [9.17, 15) is 0 Å². The Kier molecular flexibility index (Phi) is 4.91. The van der Waals surface area contributed by atoms with E-state index in [-0.39, 0.29) is 6.29 Å². The van der Waals surface area contributed by atoms with Gasteiger partial charge in [0.15, 0.2) is 6.29 Å². The molecule has 1 aromatic heterocycles. The van der Waals surface area contributed by atoms with Gasteiger partial charge in [0.05, 0.1) is 17.6 Å². The Hall–Kier alpha value is -2.37. The maximum Gasteiger partial charge on any atom is 0.199 e. The van der Waals surface area contributed by atoms with Crippen molar-refractivity contribution in [1.82, 2.24) is 9.55 Å². The number of hydrogen-bond donors (Lipinski definition) is 0. The van der Waals surface area contributed by atoms with E-state index in [4.69, 9.17) is 19.2 Å². The van der Waals surface area contributed by atoms with Crippen LogP contribution in [-0.2, 0) is 23.1 Å². The van der Waals surface area contributed by atoms with Crippen LogP contribution in [0.25, 0.3) is 22.2 Å². The van der Waals surface area contributed by atoms with Crippen molar-refractivity contribution >= 4 is 11.0 Å². The van der Waals surface area contributed by atoms with Crippen LogP contribution in [0.15, 0.2) is 42.5 Å². The maximum atomic E-state index is 5.93. The van der Waals surface area contributed by atoms with Crippen LogP contribution >= 0.6 is 0 Å². The number of methoxy groups -OCH3 is 1. The molecule has 1 unspecified atom stereocenters. The fraction of sp³-hybridized carbons (Fsp3) is 0.381. The van der Waals surface area contributed by atoms with Crippen LogP contribution in [-0.4, -0.2) is 29.6 Å². The number of nitrogens with zero attached hydrogens (tertiary/aromatic N) is 2. The zero-order valence-electron chi connectivity index (χ0n) is 15.3. The van der Waals surface area contributed by atoms with Gasteiger partial charge < -0.3 is 18.8 Å². The van der Waals surface area contributed by atoms with E-state index in [0.717, 1.165) is 59.6 Å². The molecule has 1 aliphatic heterocycles. The molecule has 1 aliphatic rings. The van der Waals surface area contributed by atoms with Crippen LogP contribution in [0, 0.1) is 0 Å². The van der Waals surface area contributed by atoms with Gasteiger partial charge >= 0.3 is 0 Å². The fourth-order valence-electron chi connectivity index (χ4n) is 3.42. The summed E-state index contributed by atoms with van der Waals surface area (Å²) < 4.78 is 18.9. The Morgan fingerprint density at radius 3 is 2.73 bits per heavy atom. The number of benzene rings is 2. The van der Waals surface area contributed by atoms with Gasteiger partial charge in [0.2, 0.25) is 0 Å². The van der Waals surface area contributed by atoms with Crippen molar-refractivity contribution in [2.75, 3.05) is 13.7 Å². The zero-order chi connectivity index (χ0) is 17.9. The number of ether oxygens (including phenoxy) is 3. The van der Waals surface area contributed by atoms with Crippen molar-refractivity contribution in [3.05, 3.63) is 48.3 Å². The number of para-hydroxylation sites is 1. The maximum absolute atomic E-state index is 5.93. The Morgan fingerprint density at radius 1 is 1.15 bits per heavy atom. The number of hydrogen-bond acceptors (Lipinski definition) is 4. The highest BCUT2D eigenvalue weighted by Gasteiger charge is 2.16. The molecule has 5 nitrogen and oxygen atoms in total. The summed E-state index contributed by atoms with van der Waals surface area (Å²) in [5, 5.41) is 0. The van der Waals surface area contributed by atoms with Crippen molar-refractivity contribution in [3.8, 4) is 16.9 Å². The summed E-state index contributed by atoms with van der Waals surface area (Å²) in [5.41, 5.74) is 4.33. The average Bonchev–Trinajstić information content (AvgIpc) is 3.00. The molecule has 1 atom stereocenters. The second-order valence-electron chi connectivity index (χ2n) is 6.63. The van der Waals surface area contributed by atoms with Crippen LogP contribution in [0.3, 0.4) is 0 Å². The van der Waals surface area contributed by atoms with Gasteiger partial charge in [0.1, 0.15) is 18.2 Å². The molecule has 4 rings (SSSR count). The van der Waals surface area contributed by atoms with E-state index in [1.807, 2.05) is 19.2 Å². The Morgan fingerprint density at radius 2 is 2.00 bits per heavy atom. The second kappa shape index (κ2) is 7.48. The highest BCUT2D eigenvalue weighted by atomic mass is 16.7. The fourth-order valence-corrected chi connectivity index (χ4v) is 3.42. The molecule has 0 saturated carbocycles. The minimum atomic E-state index is -0.120. The van der Waals surface area contributed by atoms with E-state index in [1.54, 1.807) is 7.11 Å². The molecule has 3 aromatic rings. The number of aromatic nitrogens is 2. The van der Waals surface area contributed by atoms with Gasteiger partial charge in [0, 0.05) is 26.1 Å². The third kappa shape index (κ3) is 3.32. The largest absolute Gasteiger partial charge is 0.465 e. The average molecular weight is 352 g/mol. The van der Waals surface area contributed by atoms with Gasteiger partial charge in [-0.2, -0.15) is 0 Å². The quantitative estimate of drug-likeness (QED) is 0.687. The lowest BCUT2D eigenvalue weighted by molar-refractivity contribution is -0.105. The normalized spacial score (nSPS) is 17.5. The molecule has 2 heterocycles. The molecule has 2 aromatic carbocycles. The predicted octanol–water partition coefficient (Wildman–Crippen LogP) is 4.29. The highest BCUT2D eigenvalue weighted by Crippen LogP contribution is 2.30. The molecule has 0 aliphatic carbocycles. The van der Waals surface area contributed by atoms with E-state index >= 15 is 0 Å². The first-order valence-corrected chi connectivity index (χ1v) is 9.08. The van der Waals surface area contributed by atoms with Crippen molar-refractivity contribution < 1.29 is 14.2 Å². The Bertz CT molecular complexity index is 880. The van der Waals surface area contributed by atoms with Crippen LogP contribution < -0.4 is 4.74 Å². The minimum Gasteiger partial charge on any atom is -0.465 e. The molecular weight excluding hydrogens is 328 g/mol. The van der Waals surface area contributed by atoms with Crippen LogP contribution in [0.1, 0.15) is 25.1 Å². The molecule has 136 valence electrons. The summed E-state index contributed by atoms with van der Waals surface area (Å²) >= 11 is 0. The second-order valence-corrected chi connectivity index (χ2v) is 6.63. The molecule has 1 fully saturated rings. The summed E-state index contributed by atoms with van der Waals surface area (Å²) in [5.74, 6) is 1.76. The first kappa shape index (κ1) is 17.1. The summed E-state index contributed by atoms with van der Waals surface area (Å²) in [6.07, 6.45) is 3.12. The smallest absolute Gasteiger partial charge is 0.199 e. The lowest BCUT2D eigenvalue weighted by atomic mass is 10.0. The molecular formula is C21H24N2O3. The van der Waals surface area contributed by atoms with Gasteiger partial charge in [-0.1, -0.05) is 24.3 Å². The van der Waals surface area contributed by atoms with E-state index in [2.05, 4.69) is 34.9 Å². The molecule has 0 spiro atoms. The Balaban J connectivity index is 1.61. The standard InChI is InChI=1S/C21H24N2O3/c1-23-18-7-5-6-17(21(18)22-19(23)14-24-2)15-9-11-16(12-10-15)26-20-8-3-4-13-25-20/h5-7,9-12,20H,3-4,8,13-14H2,1-2H3. The van der Waals surface area contributed by atoms with Gasteiger partial charge in [-0.25, -0.2) is 4.98 Å². The molecule has 0 bridgehead atoms. The molecule has 0 N–H and O–H groups in total. The highest BCUT2D eigenvalue weighted by molar-refractivity contribution is 5.92. The first-order valence-electron chi connectivity index (χ1n) is 9.08. The predicted molar refractivity (Wildman–Crippen MR) is 101 cm³/mol. The van der Waals surface area contributed by atoms with Gasteiger partial charge in [0.25, 0.3) is 0 Å². The monoisotopic (exact) mass is 352 g/mol. The first-order chi connectivity index (χ1) is 12.8. The summed E-state index contributed by atoms with van der Waals surface area (Å²) in [7, 11) is 3.71. The van der Waals surface area contributed by atoms with Crippen molar-refractivity contribution in [2.45, 2.75) is 32.2 Å². The van der Waals surface area contributed by atoms with Crippen molar-refractivity contribution in [3.63, 3.8) is 0 Å². The van der Waals surface area contributed by atoms with E-state index in [1.165, 1.54) is 0 Å². The molecule has 1 saturated heterocycles. The van der Waals surface area contributed by atoms with E-state index in [0.29, 0.717) is 6.61 Å². The Labute approximate surface area is 153 Å². The number of rotatable bonds is 5.